The highest BCUT2D eigenvalue weighted by Crippen LogP contribution is 2.34. The van der Waals surface area contributed by atoms with Gasteiger partial charge in [-0.15, -0.1) is 0 Å². The van der Waals surface area contributed by atoms with Gasteiger partial charge < -0.3 is 20.1 Å². The summed E-state index contributed by atoms with van der Waals surface area (Å²) in [6.07, 6.45) is 2.58. The molecule has 2 amide bonds. The van der Waals surface area contributed by atoms with Crippen molar-refractivity contribution in [1.29, 1.82) is 0 Å². The zero-order valence-electron chi connectivity index (χ0n) is 18.5. The van der Waals surface area contributed by atoms with Crippen LogP contribution >= 0.6 is 11.8 Å². The fraction of sp³-hybridized carbons (Fsp3) is 0.240. The molecule has 2 N–H and O–H groups in total. The second-order valence-electron chi connectivity index (χ2n) is 7.61. The predicted molar refractivity (Wildman–Crippen MR) is 129 cm³/mol. The first-order chi connectivity index (χ1) is 16.0. The molecule has 0 bridgehead atoms. The van der Waals surface area contributed by atoms with E-state index in [1.54, 1.807) is 36.5 Å². The molecule has 7 nitrogen and oxygen atoms in total. The summed E-state index contributed by atoms with van der Waals surface area (Å²) in [5.74, 6) is 1.22. The molecule has 1 aliphatic rings. The maximum Gasteiger partial charge on any atom is 0.258 e. The fourth-order valence-corrected chi connectivity index (χ4v) is 4.23. The molecule has 0 saturated carbocycles. The van der Waals surface area contributed by atoms with Crippen LogP contribution in [0.5, 0.6) is 11.5 Å². The van der Waals surface area contributed by atoms with Crippen LogP contribution in [-0.4, -0.2) is 29.3 Å². The largest absolute Gasteiger partial charge is 0.454 e. The average Bonchev–Trinajstić information content (AvgIpc) is 3.30. The number of hydrogen-bond donors (Lipinski definition) is 2. The van der Waals surface area contributed by atoms with E-state index < -0.39 is 0 Å². The predicted octanol–water partition coefficient (Wildman–Crippen LogP) is 5.31. The Labute approximate surface area is 196 Å². The maximum absolute atomic E-state index is 13.1. The zero-order chi connectivity index (χ0) is 23.2. The fourth-order valence-electron chi connectivity index (χ4n) is 3.43. The van der Waals surface area contributed by atoms with E-state index >= 15 is 0 Å². The summed E-state index contributed by atoms with van der Waals surface area (Å²) in [5.41, 5.74) is 2.93. The van der Waals surface area contributed by atoms with Gasteiger partial charge in [0.15, 0.2) is 11.5 Å². The number of benzene rings is 2. The Balaban J connectivity index is 1.41. The number of amides is 2. The molecule has 1 atom stereocenters. The lowest BCUT2D eigenvalue weighted by Crippen LogP contribution is -2.17. The molecule has 2 heterocycles. The molecule has 170 valence electrons. The number of hydrogen-bond acceptors (Lipinski definition) is 6. The van der Waals surface area contributed by atoms with Gasteiger partial charge in [-0.3, -0.25) is 9.59 Å². The van der Waals surface area contributed by atoms with Crippen molar-refractivity contribution in [2.75, 3.05) is 23.2 Å². The number of nitrogens with zero attached hydrogens (tertiary/aromatic N) is 1. The molecule has 0 spiro atoms. The molecule has 1 aromatic heterocycles. The molecule has 0 aliphatic carbocycles. The number of ether oxygens (including phenoxy) is 2. The van der Waals surface area contributed by atoms with Crippen molar-refractivity contribution >= 4 is 35.0 Å². The number of nitrogens with one attached hydrogen (secondary N) is 2. The van der Waals surface area contributed by atoms with E-state index in [1.165, 1.54) is 11.8 Å². The topological polar surface area (TPSA) is 89.6 Å². The number of para-hydroxylation sites is 1. The van der Waals surface area contributed by atoms with Crippen molar-refractivity contribution in [3.05, 3.63) is 71.9 Å². The summed E-state index contributed by atoms with van der Waals surface area (Å²) in [5, 5.41) is 6.35. The summed E-state index contributed by atoms with van der Waals surface area (Å²) < 4.78 is 10.6. The molecule has 2 aromatic carbocycles. The standard InChI is InChI=1S/C25H25N3O4S/c1-3-16(2)18-7-4-5-9-20(18)28-24(30)19-8-6-12-26-25(19)33-14-23(29)27-17-10-11-21-22(13-17)32-15-31-21/h4-13,16H,3,14-15H2,1-2H3,(H,27,29)(H,28,30). The van der Waals surface area contributed by atoms with Gasteiger partial charge in [0.2, 0.25) is 12.7 Å². The van der Waals surface area contributed by atoms with Crippen molar-refractivity contribution in [1.82, 2.24) is 4.98 Å². The first kappa shape index (κ1) is 22.7. The molecular formula is C25H25N3O4S. The van der Waals surface area contributed by atoms with Crippen LogP contribution in [0.15, 0.2) is 65.8 Å². The second kappa shape index (κ2) is 10.4. The van der Waals surface area contributed by atoms with E-state index in [2.05, 4.69) is 29.5 Å². The number of carbonyl (C=O) groups excluding carboxylic acids is 2. The Morgan fingerprint density at radius 3 is 2.73 bits per heavy atom. The van der Waals surface area contributed by atoms with Gasteiger partial charge in [-0.2, -0.15) is 0 Å². The van der Waals surface area contributed by atoms with Crippen molar-refractivity contribution < 1.29 is 19.1 Å². The van der Waals surface area contributed by atoms with E-state index in [-0.39, 0.29) is 24.4 Å². The highest BCUT2D eigenvalue weighted by molar-refractivity contribution is 8.00. The van der Waals surface area contributed by atoms with Gasteiger partial charge >= 0.3 is 0 Å². The summed E-state index contributed by atoms with van der Waals surface area (Å²) in [6, 6.07) is 16.5. The number of carbonyl (C=O) groups is 2. The number of fused-ring (bicyclic) bond motifs is 1. The molecule has 0 saturated heterocycles. The molecule has 4 rings (SSSR count). The molecule has 1 aliphatic heterocycles. The van der Waals surface area contributed by atoms with Crippen LogP contribution in [-0.2, 0) is 4.79 Å². The van der Waals surface area contributed by atoms with Crippen LogP contribution in [0.4, 0.5) is 11.4 Å². The average molecular weight is 464 g/mol. The molecule has 1 unspecified atom stereocenters. The van der Waals surface area contributed by atoms with Gasteiger partial charge in [0.05, 0.1) is 11.3 Å². The zero-order valence-corrected chi connectivity index (χ0v) is 19.3. The minimum atomic E-state index is -0.252. The van der Waals surface area contributed by atoms with Crippen molar-refractivity contribution in [2.24, 2.45) is 0 Å². The van der Waals surface area contributed by atoms with E-state index in [4.69, 9.17) is 9.47 Å². The number of pyridine rings is 1. The number of thioether (sulfide) groups is 1. The molecule has 8 heteroatoms. The molecular weight excluding hydrogens is 438 g/mol. The first-order valence-corrected chi connectivity index (χ1v) is 11.7. The van der Waals surface area contributed by atoms with Gasteiger partial charge in [-0.05, 0) is 48.2 Å². The van der Waals surface area contributed by atoms with E-state index in [9.17, 15) is 9.59 Å². The first-order valence-electron chi connectivity index (χ1n) is 10.7. The SMILES string of the molecule is CCC(C)c1ccccc1NC(=O)c1cccnc1SCC(=O)Nc1ccc2c(c1)OCO2. The van der Waals surface area contributed by atoms with Crippen LogP contribution < -0.4 is 20.1 Å². The van der Waals surface area contributed by atoms with Gasteiger partial charge in [-0.25, -0.2) is 4.98 Å². The summed E-state index contributed by atoms with van der Waals surface area (Å²) in [4.78, 5) is 29.9. The third-order valence-corrected chi connectivity index (χ3v) is 6.37. The van der Waals surface area contributed by atoms with Gasteiger partial charge in [0.25, 0.3) is 5.91 Å². The monoisotopic (exact) mass is 463 g/mol. The van der Waals surface area contributed by atoms with Crippen molar-refractivity contribution in [3.8, 4) is 11.5 Å². The van der Waals surface area contributed by atoms with Crippen molar-refractivity contribution in [2.45, 2.75) is 31.2 Å². The van der Waals surface area contributed by atoms with Crippen LogP contribution in [0.1, 0.15) is 42.1 Å². The van der Waals surface area contributed by atoms with Crippen molar-refractivity contribution in [3.63, 3.8) is 0 Å². The van der Waals surface area contributed by atoms with Crippen LogP contribution in [0.3, 0.4) is 0 Å². The lowest BCUT2D eigenvalue weighted by Gasteiger charge is -2.16. The van der Waals surface area contributed by atoms with E-state index in [0.29, 0.717) is 33.7 Å². The second-order valence-corrected chi connectivity index (χ2v) is 8.58. The summed E-state index contributed by atoms with van der Waals surface area (Å²) in [7, 11) is 0. The minimum absolute atomic E-state index is 0.106. The Kier molecular flexibility index (Phi) is 7.14. The quantitative estimate of drug-likeness (QED) is 0.440. The van der Waals surface area contributed by atoms with Crippen LogP contribution in [0.2, 0.25) is 0 Å². The van der Waals surface area contributed by atoms with Gasteiger partial charge in [0, 0.05) is 23.6 Å². The number of rotatable bonds is 8. The Morgan fingerprint density at radius 1 is 1.06 bits per heavy atom. The van der Waals surface area contributed by atoms with Crippen LogP contribution in [0, 0.1) is 0 Å². The van der Waals surface area contributed by atoms with Gasteiger partial charge in [-0.1, -0.05) is 43.8 Å². The number of aromatic nitrogens is 1. The normalized spacial score (nSPS) is 12.8. The summed E-state index contributed by atoms with van der Waals surface area (Å²) in [6.45, 7) is 4.43. The maximum atomic E-state index is 13.1. The number of anilines is 2. The Hall–Kier alpha value is -3.52. The highest BCUT2D eigenvalue weighted by atomic mass is 32.2. The van der Waals surface area contributed by atoms with E-state index in [1.807, 2.05) is 24.3 Å². The third-order valence-electron chi connectivity index (χ3n) is 5.36. The molecule has 0 fully saturated rings. The highest BCUT2D eigenvalue weighted by Gasteiger charge is 2.18. The van der Waals surface area contributed by atoms with E-state index in [0.717, 1.165) is 17.7 Å². The molecule has 3 aromatic rings. The molecule has 33 heavy (non-hydrogen) atoms. The Morgan fingerprint density at radius 2 is 1.88 bits per heavy atom. The lowest BCUT2D eigenvalue weighted by molar-refractivity contribution is -0.113. The smallest absolute Gasteiger partial charge is 0.258 e. The third kappa shape index (κ3) is 5.46. The lowest BCUT2D eigenvalue weighted by atomic mass is 9.97. The van der Waals surface area contributed by atoms with Crippen LogP contribution in [0.25, 0.3) is 0 Å². The molecule has 0 radical (unpaired) electrons. The minimum Gasteiger partial charge on any atom is -0.454 e. The van der Waals surface area contributed by atoms with Gasteiger partial charge in [0.1, 0.15) is 5.03 Å². The Bertz CT molecular complexity index is 1170. The summed E-state index contributed by atoms with van der Waals surface area (Å²) >= 11 is 1.21.